The maximum absolute atomic E-state index is 14.2. The number of carbonyl (C=O) groups excluding carboxylic acids is 2. The van der Waals surface area contributed by atoms with Crippen molar-refractivity contribution in [2.45, 2.75) is 44.3 Å². The summed E-state index contributed by atoms with van der Waals surface area (Å²) >= 11 is 0. The quantitative estimate of drug-likeness (QED) is 0.593. The van der Waals surface area contributed by atoms with Gasteiger partial charge in [0, 0.05) is 57.4 Å². The number of rotatable bonds is 7. The zero-order valence-electron chi connectivity index (χ0n) is 18.5. The van der Waals surface area contributed by atoms with Crippen LogP contribution in [-0.4, -0.2) is 74.2 Å². The van der Waals surface area contributed by atoms with Crippen LogP contribution < -0.4 is 15.4 Å². The molecule has 4 amide bonds. The van der Waals surface area contributed by atoms with Gasteiger partial charge in [-0.05, 0) is 25.3 Å². The smallest absolute Gasteiger partial charge is 0.406 e. The fourth-order valence-corrected chi connectivity index (χ4v) is 4.17. The molecule has 8 nitrogen and oxygen atoms in total. The number of amides is 4. The number of hydrogen-bond donors (Lipinski definition) is 2. The van der Waals surface area contributed by atoms with Crippen LogP contribution in [0, 0.1) is 11.7 Å². The van der Waals surface area contributed by atoms with E-state index in [1.54, 1.807) is 24.0 Å². The van der Waals surface area contributed by atoms with Gasteiger partial charge in [-0.1, -0.05) is 6.07 Å². The SMILES string of the molecule is CNC(=O)N1CC(COC)CC(N(C(=O)NCc2ccc(OC(F)(F)F)cc2F)C2CC2)C1. The van der Waals surface area contributed by atoms with E-state index in [1.807, 2.05) is 0 Å². The molecular formula is C21H28F4N4O4. The first-order valence-corrected chi connectivity index (χ1v) is 10.7. The van der Waals surface area contributed by atoms with Crippen LogP contribution in [-0.2, 0) is 11.3 Å². The highest BCUT2D eigenvalue weighted by molar-refractivity contribution is 5.76. The van der Waals surface area contributed by atoms with Crippen LogP contribution in [0.25, 0.3) is 0 Å². The van der Waals surface area contributed by atoms with Crippen LogP contribution in [0.5, 0.6) is 5.75 Å². The Labute approximate surface area is 189 Å². The fourth-order valence-electron chi connectivity index (χ4n) is 4.17. The Hall–Kier alpha value is -2.76. The first-order chi connectivity index (χ1) is 15.6. The minimum absolute atomic E-state index is 0.0234. The van der Waals surface area contributed by atoms with Crippen LogP contribution in [0.15, 0.2) is 18.2 Å². The summed E-state index contributed by atoms with van der Waals surface area (Å²) in [5, 5.41) is 5.27. The summed E-state index contributed by atoms with van der Waals surface area (Å²) in [5.41, 5.74) is 0.0292. The van der Waals surface area contributed by atoms with Crippen LogP contribution in [0.2, 0.25) is 0 Å². The average molecular weight is 476 g/mol. The Balaban J connectivity index is 1.67. The Kier molecular flexibility index (Phi) is 7.88. The number of methoxy groups -OCH3 is 1. The lowest BCUT2D eigenvalue weighted by atomic mass is 9.94. The van der Waals surface area contributed by atoms with Crippen molar-refractivity contribution in [2.24, 2.45) is 5.92 Å². The minimum atomic E-state index is -4.92. The van der Waals surface area contributed by atoms with E-state index in [4.69, 9.17) is 4.74 Å². The number of ether oxygens (including phenoxy) is 2. The van der Waals surface area contributed by atoms with E-state index in [2.05, 4.69) is 15.4 Å². The van der Waals surface area contributed by atoms with Crippen molar-refractivity contribution >= 4 is 12.1 Å². The summed E-state index contributed by atoms with van der Waals surface area (Å²) in [7, 11) is 3.13. The van der Waals surface area contributed by atoms with Crippen molar-refractivity contribution in [2.75, 3.05) is 33.9 Å². The van der Waals surface area contributed by atoms with Crippen LogP contribution in [0.3, 0.4) is 0 Å². The highest BCUT2D eigenvalue weighted by Gasteiger charge is 2.42. The molecule has 2 aliphatic rings. The topological polar surface area (TPSA) is 83.1 Å². The molecule has 3 rings (SSSR count). The van der Waals surface area contributed by atoms with E-state index in [-0.39, 0.29) is 36.1 Å². The molecule has 2 atom stereocenters. The minimum Gasteiger partial charge on any atom is -0.406 e. The van der Waals surface area contributed by atoms with Gasteiger partial charge in [-0.3, -0.25) is 0 Å². The van der Waals surface area contributed by atoms with Gasteiger partial charge >= 0.3 is 18.4 Å². The number of nitrogens with one attached hydrogen (secondary N) is 2. The molecule has 33 heavy (non-hydrogen) atoms. The van der Waals surface area contributed by atoms with Gasteiger partial charge in [0.15, 0.2) is 0 Å². The normalized spacial score (nSPS) is 20.8. The van der Waals surface area contributed by atoms with E-state index in [0.717, 1.165) is 25.0 Å². The molecule has 184 valence electrons. The zero-order valence-corrected chi connectivity index (χ0v) is 18.5. The van der Waals surface area contributed by atoms with E-state index in [9.17, 15) is 27.2 Å². The van der Waals surface area contributed by atoms with E-state index in [0.29, 0.717) is 32.2 Å². The Morgan fingerprint density at radius 2 is 1.94 bits per heavy atom. The van der Waals surface area contributed by atoms with Crippen molar-refractivity contribution in [3.05, 3.63) is 29.6 Å². The molecule has 1 saturated heterocycles. The third-order valence-electron chi connectivity index (χ3n) is 5.67. The molecule has 2 N–H and O–H groups in total. The molecule has 1 saturated carbocycles. The van der Waals surface area contributed by atoms with Crippen LogP contribution in [0.1, 0.15) is 24.8 Å². The average Bonchev–Trinajstić information content (AvgIpc) is 3.56. The second-order valence-corrected chi connectivity index (χ2v) is 8.27. The molecule has 1 aliphatic heterocycles. The molecule has 0 bridgehead atoms. The molecule has 2 fully saturated rings. The molecule has 1 heterocycles. The number of hydrogen-bond acceptors (Lipinski definition) is 4. The summed E-state index contributed by atoms with van der Waals surface area (Å²) in [6, 6.07) is 1.90. The number of benzene rings is 1. The number of urea groups is 2. The maximum atomic E-state index is 14.2. The number of nitrogens with zero attached hydrogens (tertiary/aromatic N) is 2. The van der Waals surface area contributed by atoms with Gasteiger partial charge in [0.05, 0.1) is 12.6 Å². The Bertz CT molecular complexity index is 850. The van der Waals surface area contributed by atoms with Gasteiger partial charge in [0.1, 0.15) is 11.6 Å². The molecule has 1 aromatic rings. The molecule has 1 aliphatic carbocycles. The zero-order chi connectivity index (χ0) is 24.2. The standard InChI is InChI=1S/C21H28F4N4O4/c1-26-19(30)28-10-13(12-32-2)7-16(11-28)29(15-4-5-15)20(31)27-9-14-3-6-17(8-18(14)22)33-21(23,24)25/h3,6,8,13,15-16H,4-5,7,9-12H2,1-2H3,(H,26,30)(H,27,31). The second-order valence-electron chi connectivity index (χ2n) is 8.27. The van der Waals surface area contributed by atoms with Gasteiger partial charge in [0.25, 0.3) is 0 Å². The first kappa shape index (κ1) is 24.9. The summed E-state index contributed by atoms with van der Waals surface area (Å²) in [6.07, 6.45) is -2.60. The van der Waals surface area contributed by atoms with E-state index in [1.165, 1.54) is 0 Å². The summed E-state index contributed by atoms with van der Waals surface area (Å²) in [4.78, 5) is 28.6. The number of piperidine rings is 1. The predicted octanol–water partition coefficient (Wildman–Crippen LogP) is 3.07. The van der Waals surface area contributed by atoms with Crippen LogP contribution >= 0.6 is 0 Å². The molecule has 12 heteroatoms. The molecule has 0 radical (unpaired) electrons. The highest BCUT2D eigenvalue weighted by atomic mass is 19.4. The van der Waals surface area contributed by atoms with Gasteiger partial charge in [0.2, 0.25) is 0 Å². The molecule has 0 spiro atoms. The molecule has 1 aromatic carbocycles. The van der Waals surface area contributed by atoms with Crippen molar-refractivity contribution < 1.29 is 36.6 Å². The largest absolute Gasteiger partial charge is 0.573 e. The number of carbonyl (C=O) groups is 2. The number of likely N-dealkylation sites (tertiary alicyclic amines) is 1. The molecule has 0 aromatic heterocycles. The predicted molar refractivity (Wildman–Crippen MR) is 110 cm³/mol. The lowest BCUT2D eigenvalue weighted by molar-refractivity contribution is -0.274. The Morgan fingerprint density at radius 3 is 2.52 bits per heavy atom. The van der Waals surface area contributed by atoms with Gasteiger partial charge in [-0.15, -0.1) is 13.2 Å². The second kappa shape index (κ2) is 10.4. The first-order valence-electron chi connectivity index (χ1n) is 10.7. The van der Waals surface area contributed by atoms with Crippen molar-refractivity contribution in [1.82, 2.24) is 20.4 Å². The van der Waals surface area contributed by atoms with Gasteiger partial charge in [-0.25, -0.2) is 14.0 Å². The summed E-state index contributed by atoms with van der Waals surface area (Å²) in [5.74, 6) is -1.53. The monoisotopic (exact) mass is 476 g/mol. The van der Waals surface area contributed by atoms with E-state index < -0.39 is 24.0 Å². The summed E-state index contributed by atoms with van der Waals surface area (Å²) < 4.78 is 60.1. The Morgan fingerprint density at radius 1 is 1.21 bits per heavy atom. The summed E-state index contributed by atoms with van der Waals surface area (Å²) in [6.45, 7) is 1.12. The third-order valence-corrected chi connectivity index (χ3v) is 5.67. The van der Waals surface area contributed by atoms with Crippen molar-refractivity contribution in [3.63, 3.8) is 0 Å². The number of alkyl halides is 3. The lowest BCUT2D eigenvalue weighted by Gasteiger charge is -2.42. The van der Waals surface area contributed by atoms with Crippen molar-refractivity contribution in [1.29, 1.82) is 0 Å². The van der Waals surface area contributed by atoms with Gasteiger partial charge in [-0.2, -0.15) is 0 Å². The lowest BCUT2D eigenvalue weighted by Crippen LogP contribution is -2.58. The molecular weight excluding hydrogens is 448 g/mol. The maximum Gasteiger partial charge on any atom is 0.573 e. The van der Waals surface area contributed by atoms with Gasteiger partial charge < -0.3 is 29.9 Å². The molecule has 2 unspecified atom stereocenters. The number of halogens is 4. The highest BCUT2D eigenvalue weighted by Crippen LogP contribution is 2.33. The van der Waals surface area contributed by atoms with E-state index >= 15 is 0 Å². The third kappa shape index (κ3) is 6.86. The van der Waals surface area contributed by atoms with Crippen LogP contribution in [0.4, 0.5) is 27.2 Å². The van der Waals surface area contributed by atoms with Crippen molar-refractivity contribution in [3.8, 4) is 5.75 Å². The fraction of sp³-hybridized carbons (Fsp3) is 0.619.